The highest BCUT2D eigenvalue weighted by Crippen LogP contribution is 2.32. The van der Waals surface area contributed by atoms with Crippen molar-refractivity contribution in [2.45, 2.75) is 6.42 Å². The molecule has 0 aliphatic rings. The number of anilines is 2. The molecule has 106 valence electrons. The fourth-order valence-electron chi connectivity index (χ4n) is 1.44. The van der Waals surface area contributed by atoms with Gasteiger partial charge in [-0.05, 0) is 12.1 Å². The average molecular weight is 306 g/mol. The van der Waals surface area contributed by atoms with Crippen molar-refractivity contribution in [1.29, 1.82) is 0 Å². The Kier molecular flexibility index (Phi) is 6.77. The van der Waals surface area contributed by atoms with E-state index in [2.05, 4.69) is 10.6 Å². The van der Waals surface area contributed by atoms with Gasteiger partial charge in [-0.15, -0.1) is 0 Å². The molecule has 4 N–H and O–H groups in total. The van der Waals surface area contributed by atoms with Crippen LogP contribution in [0.4, 0.5) is 11.4 Å². The fraction of sp³-hybridized carbons (Fsp3) is 0.417. The summed E-state index contributed by atoms with van der Waals surface area (Å²) < 4.78 is 4.83. The number of hydrogen-bond acceptors (Lipinski definition) is 4. The van der Waals surface area contributed by atoms with Gasteiger partial charge in [0.25, 0.3) is 0 Å². The van der Waals surface area contributed by atoms with Gasteiger partial charge in [-0.25, -0.2) is 0 Å². The lowest BCUT2D eigenvalue weighted by molar-refractivity contribution is -0.121. The van der Waals surface area contributed by atoms with Gasteiger partial charge in [0.05, 0.1) is 22.3 Å². The standard InChI is InChI=1S/C12H17Cl2N3O2/c1-19-5-4-16-11(18)2-3-17-12-9(13)6-8(15)7-10(12)14/h6-7,17H,2-5,15H2,1H3,(H,16,18). The number of carbonyl (C=O) groups excluding carboxylic acids is 1. The van der Waals surface area contributed by atoms with Crippen molar-refractivity contribution < 1.29 is 9.53 Å². The van der Waals surface area contributed by atoms with Crippen LogP contribution >= 0.6 is 23.2 Å². The highest BCUT2D eigenvalue weighted by Gasteiger charge is 2.07. The smallest absolute Gasteiger partial charge is 0.221 e. The number of amides is 1. The maximum absolute atomic E-state index is 11.4. The van der Waals surface area contributed by atoms with E-state index in [1.165, 1.54) is 0 Å². The molecule has 19 heavy (non-hydrogen) atoms. The highest BCUT2D eigenvalue weighted by molar-refractivity contribution is 6.39. The second-order valence-electron chi connectivity index (χ2n) is 3.88. The number of carbonyl (C=O) groups is 1. The van der Waals surface area contributed by atoms with E-state index in [0.717, 1.165) is 0 Å². The van der Waals surface area contributed by atoms with Gasteiger partial charge in [0.1, 0.15) is 0 Å². The molecule has 1 rings (SSSR count). The van der Waals surface area contributed by atoms with E-state index in [0.29, 0.717) is 47.5 Å². The predicted molar refractivity (Wildman–Crippen MR) is 78.9 cm³/mol. The first-order chi connectivity index (χ1) is 9.04. The summed E-state index contributed by atoms with van der Waals surface area (Å²) in [6.07, 6.45) is 0.320. The molecular formula is C12H17Cl2N3O2. The summed E-state index contributed by atoms with van der Waals surface area (Å²) in [5.74, 6) is -0.0627. The molecule has 0 unspecified atom stereocenters. The molecule has 0 spiro atoms. The van der Waals surface area contributed by atoms with Crippen LogP contribution in [-0.2, 0) is 9.53 Å². The molecule has 0 saturated carbocycles. The van der Waals surface area contributed by atoms with Crippen LogP contribution in [0, 0.1) is 0 Å². The maximum Gasteiger partial charge on any atom is 0.221 e. The Bertz CT molecular complexity index is 418. The van der Waals surface area contributed by atoms with Crippen LogP contribution in [0.5, 0.6) is 0 Å². The molecule has 5 nitrogen and oxygen atoms in total. The lowest BCUT2D eigenvalue weighted by Crippen LogP contribution is -2.28. The Hall–Kier alpha value is -1.17. The number of nitrogens with two attached hydrogens (primary N) is 1. The number of ether oxygens (including phenoxy) is 1. The highest BCUT2D eigenvalue weighted by atomic mass is 35.5. The molecule has 1 aromatic carbocycles. The minimum atomic E-state index is -0.0627. The van der Waals surface area contributed by atoms with Crippen molar-refractivity contribution in [3.8, 4) is 0 Å². The van der Waals surface area contributed by atoms with Crippen LogP contribution in [0.25, 0.3) is 0 Å². The first-order valence-electron chi connectivity index (χ1n) is 5.78. The predicted octanol–water partition coefficient (Wildman–Crippen LogP) is 2.14. The zero-order chi connectivity index (χ0) is 14.3. The van der Waals surface area contributed by atoms with E-state index < -0.39 is 0 Å². The summed E-state index contributed by atoms with van der Waals surface area (Å²) in [6, 6.07) is 3.21. The molecule has 0 radical (unpaired) electrons. The number of methoxy groups -OCH3 is 1. The van der Waals surface area contributed by atoms with Crippen LogP contribution in [0.2, 0.25) is 10.0 Å². The molecular weight excluding hydrogens is 289 g/mol. The lowest BCUT2D eigenvalue weighted by atomic mass is 10.2. The third-order valence-electron chi connectivity index (χ3n) is 2.35. The minimum Gasteiger partial charge on any atom is -0.399 e. The molecule has 0 heterocycles. The van der Waals surface area contributed by atoms with E-state index in [-0.39, 0.29) is 5.91 Å². The average Bonchev–Trinajstić information content (AvgIpc) is 2.32. The molecule has 0 atom stereocenters. The summed E-state index contributed by atoms with van der Waals surface area (Å²) in [5, 5.41) is 6.61. The Labute approximate surface area is 122 Å². The van der Waals surface area contributed by atoms with Crippen molar-refractivity contribution >= 4 is 40.5 Å². The lowest BCUT2D eigenvalue weighted by Gasteiger charge is -2.11. The Morgan fingerprint density at radius 2 is 1.95 bits per heavy atom. The number of hydrogen-bond donors (Lipinski definition) is 3. The Balaban J connectivity index is 2.39. The third kappa shape index (κ3) is 5.55. The third-order valence-corrected chi connectivity index (χ3v) is 2.94. The van der Waals surface area contributed by atoms with Gasteiger partial charge in [0.15, 0.2) is 0 Å². The summed E-state index contributed by atoms with van der Waals surface area (Å²) in [4.78, 5) is 11.4. The van der Waals surface area contributed by atoms with Crippen LogP contribution in [0.1, 0.15) is 6.42 Å². The van der Waals surface area contributed by atoms with Gasteiger partial charge in [0, 0.05) is 32.3 Å². The Morgan fingerprint density at radius 1 is 1.32 bits per heavy atom. The SMILES string of the molecule is COCCNC(=O)CCNc1c(Cl)cc(N)cc1Cl. The number of nitrogens with one attached hydrogen (secondary N) is 2. The molecule has 0 bridgehead atoms. The molecule has 7 heteroatoms. The zero-order valence-corrected chi connectivity index (χ0v) is 12.1. The zero-order valence-electron chi connectivity index (χ0n) is 10.6. The first kappa shape index (κ1) is 15.9. The van der Waals surface area contributed by atoms with Gasteiger partial charge < -0.3 is 21.1 Å². The monoisotopic (exact) mass is 305 g/mol. The minimum absolute atomic E-state index is 0.0627. The van der Waals surface area contributed by atoms with Crippen LogP contribution in [0.15, 0.2) is 12.1 Å². The van der Waals surface area contributed by atoms with Gasteiger partial charge in [0.2, 0.25) is 5.91 Å². The van der Waals surface area contributed by atoms with Crippen LogP contribution in [0.3, 0.4) is 0 Å². The van der Waals surface area contributed by atoms with Crippen LogP contribution < -0.4 is 16.4 Å². The second kappa shape index (κ2) is 8.09. The molecule has 0 aromatic heterocycles. The molecule has 0 aliphatic heterocycles. The summed E-state index contributed by atoms with van der Waals surface area (Å²) in [7, 11) is 1.58. The molecule has 1 amide bonds. The summed E-state index contributed by atoms with van der Waals surface area (Å²) in [6.45, 7) is 1.43. The number of halogens is 2. The van der Waals surface area contributed by atoms with Gasteiger partial charge in [-0.2, -0.15) is 0 Å². The van der Waals surface area contributed by atoms with Crippen LogP contribution in [-0.4, -0.2) is 32.7 Å². The molecule has 0 aliphatic carbocycles. The Morgan fingerprint density at radius 3 is 2.53 bits per heavy atom. The fourth-order valence-corrected chi connectivity index (χ4v) is 2.08. The van der Waals surface area contributed by atoms with Crippen molar-refractivity contribution in [3.05, 3.63) is 22.2 Å². The topological polar surface area (TPSA) is 76.4 Å². The molecule has 0 fully saturated rings. The normalized spacial score (nSPS) is 10.3. The van der Waals surface area contributed by atoms with E-state index >= 15 is 0 Å². The van der Waals surface area contributed by atoms with E-state index in [4.69, 9.17) is 33.7 Å². The number of rotatable bonds is 7. The van der Waals surface area contributed by atoms with Gasteiger partial charge in [-0.3, -0.25) is 4.79 Å². The summed E-state index contributed by atoms with van der Waals surface area (Å²) in [5.41, 5.74) is 6.68. The number of nitrogen functional groups attached to an aromatic ring is 1. The van der Waals surface area contributed by atoms with Crippen molar-refractivity contribution in [2.24, 2.45) is 0 Å². The quantitative estimate of drug-likeness (QED) is 0.533. The van der Waals surface area contributed by atoms with Gasteiger partial charge in [-0.1, -0.05) is 23.2 Å². The van der Waals surface area contributed by atoms with Crippen molar-refractivity contribution in [1.82, 2.24) is 5.32 Å². The summed E-state index contributed by atoms with van der Waals surface area (Å²) >= 11 is 12.0. The first-order valence-corrected chi connectivity index (χ1v) is 6.54. The van der Waals surface area contributed by atoms with E-state index in [1.807, 2.05) is 0 Å². The van der Waals surface area contributed by atoms with Crippen molar-refractivity contribution in [2.75, 3.05) is 37.9 Å². The molecule has 1 aromatic rings. The second-order valence-corrected chi connectivity index (χ2v) is 4.69. The van der Waals surface area contributed by atoms with E-state index in [1.54, 1.807) is 19.2 Å². The van der Waals surface area contributed by atoms with Crippen molar-refractivity contribution in [3.63, 3.8) is 0 Å². The number of benzene rings is 1. The largest absolute Gasteiger partial charge is 0.399 e. The molecule has 0 saturated heterocycles. The van der Waals surface area contributed by atoms with Gasteiger partial charge >= 0.3 is 0 Å². The maximum atomic E-state index is 11.4. The van der Waals surface area contributed by atoms with E-state index in [9.17, 15) is 4.79 Å².